The van der Waals surface area contributed by atoms with E-state index < -0.39 is 0 Å². The third-order valence-corrected chi connectivity index (χ3v) is 3.95. The standard InChI is InChI=1S/C13H14BrNO/c14-11-3-1-10(2-4-11)13(9-15)7-5-12(16)6-8-13/h1-4,12,16H,5-8H2. The van der Waals surface area contributed by atoms with E-state index in [1.165, 1.54) is 0 Å². The largest absolute Gasteiger partial charge is 0.393 e. The molecule has 0 unspecified atom stereocenters. The number of benzene rings is 1. The van der Waals surface area contributed by atoms with Crippen molar-refractivity contribution in [2.75, 3.05) is 0 Å². The van der Waals surface area contributed by atoms with Crippen LogP contribution in [0.25, 0.3) is 0 Å². The van der Waals surface area contributed by atoms with Gasteiger partial charge < -0.3 is 5.11 Å². The highest BCUT2D eigenvalue weighted by molar-refractivity contribution is 9.10. The molecule has 0 aliphatic heterocycles. The fraction of sp³-hybridized carbons (Fsp3) is 0.462. The average molecular weight is 280 g/mol. The van der Waals surface area contributed by atoms with Gasteiger partial charge in [-0.05, 0) is 43.4 Å². The fourth-order valence-electron chi connectivity index (χ4n) is 2.33. The summed E-state index contributed by atoms with van der Waals surface area (Å²) >= 11 is 3.40. The smallest absolute Gasteiger partial charge is 0.0824 e. The van der Waals surface area contributed by atoms with Crippen molar-refractivity contribution in [2.24, 2.45) is 0 Å². The molecule has 2 rings (SSSR count). The Morgan fingerprint density at radius 3 is 2.31 bits per heavy atom. The van der Waals surface area contributed by atoms with E-state index in [9.17, 15) is 10.4 Å². The summed E-state index contributed by atoms with van der Waals surface area (Å²) in [5.74, 6) is 0. The summed E-state index contributed by atoms with van der Waals surface area (Å²) < 4.78 is 1.03. The first-order chi connectivity index (χ1) is 7.66. The lowest BCUT2D eigenvalue weighted by atomic mass is 9.70. The second-order valence-electron chi connectivity index (χ2n) is 4.43. The molecule has 0 spiro atoms. The molecule has 2 nitrogen and oxygen atoms in total. The molecule has 0 saturated heterocycles. The molecule has 1 aliphatic carbocycles. The third kappa shape index (κ3) is 2.14. The summed E-state index contributed by atoms with van der Waals surface area (Å²) in [4.78, 5) is 0. The number of hydrogen-bond donors (Lipinski definition) is 1. The lowest BCUT2D eigenvalue weighted by molar-refractivity contribution is 0.109. The first kappa shape index (κ1) is 11.6. The number of hydrogen-bond acceptors (Lipinski definition) is 2. The Labute approximate surface area is 104 Å². The molecule has 0 bridgehead atoms. The molecule has 84 valence electrons. The zero-order chi connectivity index (χ0) is 11.6. The molecule has 16 heavy (non-hydrogen) atoms. The maximum absolute atomic E-state index is 9.51. The van der Waals surface area contributed by atoms with Gasteiger partial charge in [0.1, 0.15) is 0 Å². The van der Waals surface area contributed by atoms with E-state index in [1.807, 2.05) is 24.3 Å². The summed E-state index contributed by atoms with van der Waals surface area (Å²) in [5, 5.41) is 18.9. The molecule has 0 radical (unpaired) electrons. The van der Waals surface area contributed by atoms with Crippen LogP contribution in [0.1, 0.15) is 31.2 Å². The lowest BCUT2D eigenvalue weighted by Crippen LogP contribution is -2.32. The number of nitriles is 1. The van der Waals surface area contributed by atoms with Crippen LogP contribution in [-0.2, 0) is 5.41 Å². The molecular formula is C13H14BrNO. The summed E-state index contributed by atoms with van der Waals surface area (Å²) in [6.45, 7) is 0. The summed E-state index contributed by atoms with van der Waals surface area (Å²) in [7, 11) is 0. The Morgan fingerprint density at radius 1 is 1.25 bits per heavy atom. The molecule has 1 saturated carbocycles. The van der Waals surface area contributed by atoms with Gasteiger partial charge in [0, 0.05) is 4.47 Å². The normalized spacial score (nSPS) is 29.7. The summed E-state index contributed by atoms with van der Waals surface area (Å²) in [5.41, 5.74) is 0.685. The van der Waals surface area contributed by atoms with E-state index in [2.05, 4.69) is 22.0 Å². The summed E-state index contributed by atoms with van der Waals surface area (Å²) in [6.07, 6.45) is 2.74. The van der Waals surface area contributed by atoms with Gasteiger partial charge in [0.05, 0.1) is 17.6 Å². The Bertz CT molecular complexity index is 399. The Balaban J connectivity index is 2.29. The van der Waals surface area contributed by atoms with E-state index in [0.717, 1.165) is 35.7 Å². The average Bonchev–Trinajstić information content (AvgIpc) is 2.32. The monoisotopic (exact) mass is 279 g/mol. The second-order valence-corrected chi connectivity index (χ2v) is 5.35. The number of aliphatic hydroxyl groups excluding tert-OH is 1. The minimum atomic E-state index is -0.389. The predicted molar refractivity (Wildman–Crippen MR) is 65.9 cm³/mol. The van der Waals surface area contributed by atoms with E-state index in [-0.39, 0.29) is 11.5 Å². The van der Waals surface area contributed by atoms with Crippen LogP contribution in [0.3, 0.4) is 0 Å². The highest BCUT2D eigenvalue weighted by atomic mass is 79.9. The molecule has 1 fully saturated rings. The van der Waals surface area contributed by atoms with Crippen molar-refractivity contribution in [3.05, 3.63) is 34.3 Å². The Morgan fingerprint density at radius 2 is 1.81 bits per heavy atom. The van der Waals surface area contributed by atoms with Crippen molar-refractivity contribution in [3.63, 3.8) is 0 Å². The van der Waals surface area contributed by atoms with Crippen LogP contribution in [0.15, 0.2) is 28.7 Å². The maximum atomic E-state index is 9.51. The zero-order valence-corrected chi connectivity index (χ0v) is 10.6. The molecule has 3 heteroatoms. The van der Waals surface area contributed by atoms with Crippen LogP contribution in [0.2, 0.25) is 0 Å². The van der Waals surface area contributed by atoms with Crippen molar-refractivity contribution in [1.29, 1.82) is 5.26 Å². The first-order valence-corrected chi connectivity index (χ1v) is 6.31. The molecule has 0 atom stereocenters. The van der Waals surface area contributed by atoms with Gasteiger partial charge in [0.15, 0.2) is 0 Å². The van der Waals surface area contributed by atoms with Gasteiger partial charge in [-0.2, -0.15) is 5.26 Å². The van der Waals surface area contributed by atoms with Crippen LogP contribution in [0.5, 0.6) is 0 Å². The maximum Gasteiger partial charge on any atom is 0.0824 e. The SMILES string of the molecule is N#CC1(c2ccc(Br)cc2)CCC(O)CC1. The van der Waals surface area contributed by atoms with Gasteiger partial charge in [-0.25, -0.2) is 0 Å². The molecule has 0 aromatic heterocycles. The van der Waals surface area contributed by atoms with Crippen LogP contribution in [-0.4, -0.2) is 11.2 Å². The summed E-state index contributed by atoms with van der Waals surface area (Å²) in [6, 6.07) is 10.4. The van der Waals surface area contributed by atoms with E-state index in [0.29, 0.717) is 0 Å². The molecule has 1 aromatic rings. The van der Waals surface area contributed by atoms with E-state index >= 15 is 0 Å². The third-order valence-electron chi connectivity index (χ3n) is 3.42. The predicted octanol–water partition coefficient (Wildman–Crippen LogP) is 3.15. The van der Waals surface area contributed by atoms with E-state index in [1.54, 1.807) is 0 Å². The minimum absolute atomic E-state index is 0.225. The van der Waals surface area contributed by atoms with Gasteiger partial charge in [-0.1, -0.05) is 28.1 Å². The van der Waals surface area contributed by atoms with Gasteiger partial charge in [-0.3, -0.25) is 0 Å². The molecule has 1 N–H and O–H groups in total. The number of aliphatic hydroxyl groups is 1. The minimum Gasteiger partial charge on any atom is -0.393 e. The first-order valence-electron chi connectivity index (χ1n) is 5.52. The van der Waals surface area contributed by atoms with Gasteiger partial charge in [0.2, 0.25) is 0 Å². The highest BCUT2D eigenvalue weighted by Gasteiger charge is 2.36. The van der Waals surface area contributed by atoms with Crippen molar-refractivity contribution in [3.8, 4) is 6.07 Å². The van der Waals surface area contributed by atoms with Crippen molar-refractivity contribution < 1.29 is 5.11 Å². The number of halogens is 1. The molecule has 1 aromatic carbocycles. The van der Waals surface area contributed by atoms with Crippen LogP contribution >= 0.6 is 15.9 Å². The Hall–Kier alpha value is -0.850. The topological polar surface area (TPSA) is 44.0 Å². The van der Waals surface area contributed by atoms with Gasteiger partial charge >= 0.3 is 0 Å². The molecule has 0 heterocycles. The van der Waals surface area contributed by atoms with Gasteiger partial charge in [-0.15, -0.1) is 0 Å². The second kappa shape index (κ2) is 4.57. The molecule has 0 amide bonds. The molecular weight excluding hydrogens is 266 g/mol. The van der Waals surface area contributed by atoms with E-state index in [4.69, 9.17) is 0 Å². The highest BCUT2D eigenvalue weighted by Crippen LogP contribution is 2.39. The van der Waals surface area contributed by atoms with Crippen LogP contribution < -0.4 is 0 Å². The number of nitrogens with zero attached hydrogens (tertiary/aromatic N) is 1. The van der Waals surface area contributed by atoms with Crippen molar-refractivity contribution in [1.82, 2.24) is 0 Å². The Kier molecular flexibility index (Phi) is 3.32. The van der Waals surface area contributed by atoms with Crippen LogP contribution in [0, 0.1) is 11.3 Å². The zero-order valence-electron chi connectivity index (χ0n) is 8.99. The number of rotatable bonds is 1. The quantitative estimate of drug-likeness (QED) is 0.858. The van der Waals surface area contributed by atoms with Crippen LogP contribution in [0.4, 0.5) is 0 Å². The van der Waals surface area contributed by atoms with Crippen molar-refractivity contribution in [2.45, 2.75) is 37.2 Å². The lowest BCUT2D eigenvalue weighted by Gasteiger charge is -2.33. The molecule has 1 aliphatic rings. The van der Waals surface area contributed by atoms with Gasteiger partial charge in [0.25, 0.3) is 0 Å². The van der Waals surface area contributed by atoms with Crippen molar-refractivity contribution >= 4 is 15.9 Å². The fourth-order valence-corrected chi connectivity index (χ4v) is 2.59.